The Labute approximate surface area is 195 Å². The number of aryl methyl sites for hydroxylation is 2. The van der Waals surface area contributed by atoms with Gasteiger partial charge >= 0.3 is 0 Å². The van der Waals surface area contributed by atoms with Crippen LogP contribution in [0.2, 0.25) is 5.02 Å². The summed E-state index contributed by atoms with van der Waals surface area (Å²) in [5.41, 5.74) is 3.84. The number of anilines is 1. The van der Waals surface area contributed by atoms with Crippen molar-refractivity contribution in [1.29, 1.82) is 0 Å². The van der Waals surface area contributed by atoms with Gasteiger partial charge in [0.1, 0.15) is 5.03 Å². The maximum absolute atomic E-state index is 12.6. The smallest absolute Gasteiger partial charge is 0.271 e. The Hall–Kier alpha value is -3.35. The average molecular weight is 462 g/mol. The second-order valence-corrected chi connectivity index (χ2v) is 8.81. The molecule has 0 fully saturated rings. The van der Waals surface area contributed by atoms with Crippen LogP contribution in [0.15, 0.2) is 93.6 Å². The summed E-state index contributed by atoms with van der Waals surface area (Å²) in [4.78, 5) is 25.9. The summed E-state index contributed by atoms with van der Waals surface area (Å²) in [5.74, 6) is -0.216. The van der Waals surface area contributed by atoms with Crippen LogP contribution in [0, 0.1) is 13.8 Å². The highest BCUT2D eigenvalue weighted by Gasteiger charge is 2.09. The fourth-order valence-electron chi connectivity index (χ4n) is 3.03. The molecule has 0 saturated heterocycles. The average Bonchev–Trinajstić information content (AvgIpc) is 2.79. The zero-order valence-corrected chi connectivity index (χ0v) is 19.1. The van der Waals surface area contributed by atoms with Crippen LogP contribution in [0.25, 0.3) is 5.69 Å². The number of halogens is 1. The van der Waals surface area contributed by atoms with E-state index in [-0.39, 0.29) is 11.5 Å². The standard InChI is InChI=1S/C25H20ClN3O2S/c1-16-3-8-20(15-17(16)2)27-25(31)18-4-9-21(10-5-18)29-24(30)14-13-23(28-29)32-22-11-6-19(26)7-12-22/h3-15H,1-2H3,(H,27,31). The first-order valence-corrected chi connectivity index (χ1v) is 11.1. The van der Waals surface area contributed by atoms with Crippen molar-refractivity contribution in [2.24, 2.45) is 0 Å². The van der Waals surface area contributed by atoms with Crippen LogP contribution < -0.4 is 10.9 Å². The Morgan fingerprint density at radius 3 is 2.31 bits per heavy atom. The molecule has 1 heterocycles. The number of nitrogens with one attached hydrogen (secondary N) is 1. The van der Waals surface area contributed by atoms with Crippen LogP contribution in [-0.2, 0) is 0 Å². The van der Waals surface area contributed by atoms with Crippen LogP contribution in [0.1, 0.15) is 21.5 Å². The van der Waals surface area contributed by atoms with E-state index < -0.39 is 0 Å². The molecule has 0 aliphatic rings. The number of carbonyl (C=O) groups is 1. The highest BCUT2D eigenvalue weighted by atomic mass is 35.5. The van der Waals surface area contributed by atoms with E-state index in [2.05, 4.69) is 10.4 Å². The topological polar surface area (TPSA) is 64.0 Å². The van der Waals surface area contributed by atoms with Gasteiger partial charge in [-0.15, -0.1) is 0 Å². The number of benzene rings is 3. The summed E-state index contributed by atoms with van der Waals surface area (Å²) < 4.78 is 1.32. The van der Waals surface area contributed by atoms with Crippen molar-refractivity contribution in [2.45, 2.75) is 23.8 Å². The first-order valence-electron chi connectivity index (χ1n) is 9.92. The number of hydrogen-bond acceptors (Lipinski definition) is 4. The molecule has 32 heavy (non-hydrogen) atoms. The van der Waals surface area contributed by atoms with Gasteiger partial charge in [-0.25, -0.2) is 0 Å². The minimum Gasteiger partial charge on any atom is -0.322 e. The predicted octanol–water partition coefficient (Wildman–Crippen LogP) is 5.91. The fraction of sp³-hybridized carbons (Fsp3) is 0.0800. The summed E-state index contributed by atoms with van der Waals surface area (Å²) in [5, 5.41) is 8.69. The first-order chi connectivity index (χ1) is 15.4. The van der Waals surface area contributed by atoms with Gasteiger partial charge in [-0.2, -0.15) is 9.78 Å². The van der Waals surface area contributed by atoms with Gasteiger partial charge < -0.3 is 5.32 Å². The van der Waals surface area contributed by atoms with Crippen LogP contribution in [0.3, 0.4) is 0 Å². The van der Waals surface area contributed by atoms with Crippen LogP contribution in [0.4, 0.5) is 5.69 Å². The van der Waals surface area contributed by atoms with Crippen molar-refractivity contribution >= 4 is 35.0 Å². The monoisotopic (exact) mass is 461 g/mol. The zero-order valence-electron chi connectivity index (χ0n) is 17.5. The number of rotatable bonds is 5. The molecule has 7 heteroatoms. The lowest BCUT2D eigenvalue weighted by molar-refractivity contribution is 0.102. The molecule has 0 aliphatic carbocycles. The lowest BCUT2D eigenvalue weighted by Crippen LogP contribution is -2.20. The highest BCUT2D eigenvalue weighted by Crippen LogP contribution is 2.26. The molecule has 5 nitrogen and oxygen atoms in total. The highest BCUT2D eigenvalue weighted by molar-refractivity contribution is 7.99. The molecule has 0 unspecified atom stereocenters. The number of aromatic nitrogens is 2. The van der Waals surface area contributed by atoms with Gasteiger partial charge in [-0.05, 0) is 91.7 Å². The maximum atomic E-state index is 12.6. The predicted molar refractivity (Wildman–Crippen MR) is 129 cm³/mol. The molecule has 1 N–H and O–H groups in total. The van der Waals surface area contributed by atoms with Crippen molar-refractivity contribution in [1.82, 2.24) is 9.78 Å². The fourth-order valence-corrected chi connectivity index (χ4v) is 3.93. The molecule has 160 valence electrons. The van der Waals surface area contributed by atoms with Crippen molar-refractivity contribution in [3.63, 3.8) is 0 Å². The summed E-state index contributed by atoms with van der Waals surface area (Å²) in [6.45, 7) is 4.03. The number of nitrogens with zero attached hydrogens (tertiary/aromatic N) is 2. The Kier molecular flexibility index (Phi) is 6.44. The molecular weight excluding hydrogens is 442 g/mol. The lowest BCUT2D eigenvalue weighted by Gasteiger charge is -2.09. The number of carbonyl (C=O) groups excluding carboxylic acids is 1. The van der Waals surface area contributed by atoms with E-state index in [1.165, 1.54) is 28.1 Å². The first kappa shape index (κ1) is 21.9. The van der Waals surface area contributed by atoms with Crippen molar-refractivity contribution in [3.05, 3.63) is 111 Å². The molecule has 0 saturated carbocycles. The second kappa shape index (κ2) is 9.42. The minimum absolute atomic E-state index is 0.216. The van der Waals surface area contributed by atoms with E-state index >= 15 is 0 Å². The van der Waals surface area contributed by atoms with E-state index in [9.17, 15) is 9.59 Å². The molecule has 0 aliphatic heterocycles. The normalized spacial score (nSPS) is 10.7. The molecule has 0 radical (unpaired) electrons. The quantitative estimate of drug-likeness (QED) is 0.401. The molecule has 0 bridgehead atoms. The van der Waals surface area contributed by atoms with Gasteiger partial charge in [0.2, 0.25) is 0 Å². The van der Waals surface area contributed by atoms with Crippen LogP contribution >= 0.6 is 23.4 Å². The molecule has 4 rings (SSSR count). The van der Waals surface area contributed by atoms with Crippen molar-refractivity contribution in [2.75, 3.05) is 5.32 Å². The summed E-state index contributed by atoms with van der Waals surface area (Å²) >= 11 is 7.37. The Bertz CT molecular complexity index is 1330. The van der Waals surface area contributed by atoms with E-state index in [1.54, 1.807) is 30.3 Å². The van der Waals surface area contributed by atoms with Gasteiger partial charge in [0, 0.05) is 27.2 Å². The van der Waals surface area contributed by atoms with Gasteiger partial charge in [0.15, 0.2) is 0 Å². The Morgan fingerprint density at radius 1 is 0.906 bits per heavy atom. The Balaban J connectivity index is 1.53. The molecule has 1 aromatic heterocycles. The van der Waals surface area contributed by atoms with Crippen LogP contribution in [-0.4, -0.2) is 15.7 Å². The summed E-state index contributed by atoms with van der Waals surface area (Å²) in [6.07, 6.45) is 0. The van der Waals surface area contributed by atoms with Gasteiger partial charge in [-0.3, -0.25) is 9.59 Å². The number of hydrogen-bond donors (Lipinski definition) is 1. The van der Waals surface area contributed by atoms with E-state index in [1.807, 2.05) is 56.3 Å². The van der Waals surface area contributed by atoms with Crippen molar-refractivity contribution < 1.29 is 4.79 Å². The lowest BCUT2D eigenvalue weighted by atomic mass is 10.1. The maximum Gasteiger partial charge on any atom is 0.271 e. The van der Waals surface area contributed by atoms with Gasteiger partial charge in [0.05, 0.1) is 5.69 Å². The Morgan fingerprint density at radius 2 is 1.62 bits per heavy atom. The van der Waals surface area contributed by atoms with Gasteiger partial charge in [0.25, 0.3) is 11.5 Å². The summed E-state index contributed by atoms with van der Waals surface area (Å²) in [7, 11) is 0. The van der Waals surface area contributed by atoms with E-state index in [0.717, 1.165) is 16.1 Å². The molecule has 3 aromatic carbocycles. The third-order valence-corrected chi connectivity index (χ3v) is 6.14. The summed E-state index contributed by atoms with van der Waals surface area (Å²) in [6, 6.07) is 23.1. The molecular formula is C25H20ClN3O2S. The second-order valence-electron chi connectivity index (χ2n) is 7.28. The van der Waals surface area contributed by atoms with Gasteiger partial charge in [-0.1, -0.05) is 29.4 Å². The molecule has 0 spiro atoms. The van der Waals surface area contributed by atoms with Crippen molar-refractivity contribution in [3.8, 4) is 5.69 Å². The minimum atomic E-state index is -0.252. The third kappa shape index (κ3) is 5.10. The largest absolute Gasteiger partial charge is 0.322 e. The third-order valence-electron chi connectivity index (χ3n) is 4.95. The van der Waals surface area contributed by atoms with E-state index in [0.29, 0.717) is 21.3 Å². The zero-order chi connectivity index (χ0) is 22.7. The number of amides is 1. The molecule has 0 atom stereocenters. The molecule has 4 aromatic rings. The van der Waals surface area contributed by atoms with E-state index in [4.69, 9.17) is 11.6 Å². The molecule has 1 amide bonds. The SMILES string of the molecule is Cc1ccc(NC(=O)c2ccc(-n3nc(Sc4ccc(Cl)cc4)ccc3=O)cc2)cc1C. The van der Waals surface area contributed by atoms with Crippen LogP contribution in [0.5, 0.6) is 0 Å².